The van der Waals surface area contributed by atoms with Crippen molar-refractivity contribution in [1.82, 2.24) is 10.6 Å². The summed E-state index contributed by atoms with van der Waals surface area (Å²) in [7, 11) is 3.52. The number of rotatable bonds is 5. The molecule has 2 N–H and O–H groups in total. The second-order valence-corrected chi connectivity index (χ2v) is 8.15. The number of hydrogen-bond acceptors (Lipinski definition) is 3. The van der Waals surface area contributed by atoms with Gasteiger partial charge in [0, 0.05) is 25.6 Å². The average Bonchev–Trinajstić information content (AvgIpc) is 2.78. The summed E-state index contributed by atoms with van der Waals surface area (Å²) in [5.41, 5.74) is 0.0964. The number of thiophene rings is 1. The molecule has 4 nitrogen and oxygen atoms in total. The molecule has 21 heavy (non-hydrogen) atoms. The van der Waals surface area contributed by atoms with Crippen LogP contribution in [-0.2, 0) is 11.3 Å². The second kappa shape index (κ2) is 10.0. The van der Waals surface area contributed by atoms with Gasteiger partial charge in [0.2, 0.25) is 0 Å². The smallest absolute Gasteiger partial charge is 0.191 e. The van der Waals surface area contributed by atoms with Crippen molar-refractivity contribution in [2.75, 3.05) is 20.7 Å². The molecule has 0 amide bonds. The Morgan fingerprint density at radius 3 is 2.48 bits per heavy atom. The summed E-state index contributed by atoms with van der Waals surface area (Å²) in [6, 6.07) is 4.15. The molecule has 0 saturated carbocycles. The molecule has 0 aliphatic heterocycles. The molecule has 1 rings (SSSR count). The van der Waals surface area contributed by atoms with Crippen molar-refractivity contribution < 1.29 is 4.74 Å². The standard InChI is InChI=1S/C14H24BrN3OS.HI/c1-14(2,3)11(19-5)9-18-13(16-4)17-8-10-6-7-12(15)20-10;/h6-7,11H,8-9H2,1-5H3,(H2,16,17,18);1H. The maximum atomic E-state index is 5.53. The fourth-order valence-corrected chi connectivity index (χ4v) is 3.19. The monoisotopic (exact) mass is 489 g/mol. The van der Waals surface area contributed by atoms with Gasteiger partial charge < -0.3 is 15.4 Å². The van der Waals surface area contributed by atoms with Gasteiger partial charge >= 0.3 is 0 Å². The molecule has 0 fully saturated rings. The van der Waals surface area contributed by atoms with E-state index in [1.807, 2.05) is 0 Å². The van der Waals surface area contributed by atoms with Crippen LogP contribution in [0.2, 0.25) is 0 Å². The summed E-state index contributed by atoms with van der Waals surface area (Å²) < 4.78 is 6.67. The number of aliphatic imine (C=N–C) groups is 1. The zero-order valence-electron chi connectivity index (χ0n) is 13.2. The maximum absolute atomic E-state index is 5.53. The van der Waals surface area contributed by atoms with E-state index in [-0.39, 0.29) is 35.5 Å². The summed E-state index contributed by atoms with van der Waals surface area (Å²) in [5.74, 6) is 0.792. The summed E-state index contributed by atoms with van der Waals surface area (Å²) in [5, 5.41) is 6.61. The highest BCUT2D eigenvalue weighted by atomic mass is 127. The molecule has 1 aromatic rings. The largest absolute Gasteiger partial charge is 0.379 e. The van der Waals surface area contributed by atoms with E-state index in [1.54, 1.807) is 25.5 Å². The van der Waals surface area contributed by atoms with Crippen molar-refractivity contribution in [1.29, 1.82) is 0 Å². The van der Waals surface area contributed by atoms with Crippen LogP contribution >= 0.6 is 51.2 Å². The van der Waals surface area contributed by atoms with Crippen molar-refractivity contribution in [3.05, 3.63) is 20.8 Å². The van der Waals surface area contributed by atoms with E-state index in [0.29, 0.717) is 0 Å². The number of guanidine groups is 1. The number of methoxy groups -OCH3 is 1. The molecule has 0 radical (unpaired) electrons. The highest BCUT2D eigenvalue weighted by molar-refractivity contribution is 14.0. The van der Waals surface area contributed by atoms with Crippen LogP contribution in [0, 0.1) is 5.41 Å². The minimum atomic E-state index is 0. The van der Waals surface area contributed by atoms with Gasteiger partial charge in [-0.3, -0.25) is 4.99 Å². The molecule has 0 saturated heterocycles. The Morgan fingerprint density at radius 2 is 2.05 bits per heavy atom. The van der Waals surface area contributed by atoms with E-state index >= 15 is 0 Å². The fraction of sp³-hybridized carbons (Fsp3) is 0.643. The van der Waals surface area contributed by atoms with Crippen molar-refractivity contribution in [2.45, 2.75) is 33.4 Å². The Kier molecular flexibility index (Phi) is 10.1. The molecule has 0 bridgehead atoms. The Bertz CT molecular complexity index is 446. The minimum absolute atomic E-state index is 0. The van der Waals surface area contributed by atoms with Crippen LogP contribution in [0.3, 0.4) is 0 Å². The van der Waals surface area contributed by atoms with E-state index in [9.17, 15) is 0 Å². The van der Waals surface area contributed by atoms with E-state index in [2.05, 4.69) is 64.5 Å². The van der Waals surface area contributed by atoms with Crippen LogP contribution in [0.15, 0.2) is 20.9 Å². The van der Waals surface area contributed by atoms with Gasteiger partial charge in [0.1, 0.15) is 0 Å². The molecule has 1 aromatic heterocycles. The predicted octanol–water partition coefficient (Wildman–Crippen LogP) is 3.85. The molecule has 0 aliphatic carbocycles. The second-order valence-electron chi connectivity index (χ2n) is 5.60. The number of nitrogens with one attached hydrogen (secondary N) is 2. The van der Waals surface area contributed by atoms with Gasteiger partial charge in [0.25, 0.3) is 0 Å². The van der Waals surface area contributed by atoms with E-state index in [0.717, 1.165) is 22.8 Å². The molecule has 1 atom stereocenters. The Balaban J connectivity index is 0.00000400. The number of halogens is 2. The van der Waals surface area contributed by atoms with E-state index in [1.165, 1.54) is 4.88 Å². The first kappa shape index (κ1) is 21.1. The summed E-state index contributed by atoms with van der Waals surface area (Å²) >= 11 is 5.19. The first-order valence-corrected chi connectivity index (χ1v) is 8.19. The first-order chi connectivity index (χ1) is 9.36. The van der Waals surface area contributed by atoms with Gasteiger partial charge in [-0.05, 0) is 33.5 Å². The lowest BCUT2D eigenvalue weighted by Crippen LogP contribution is -2.45. The third-order valence-electron chi connectivity index (χ3n) is 2.99. The average molecular weight is 490 g/mol. The highest BCUT2D eigenvalue weighted by Crippen LogP contribution is 2.22. The number of ether oxygens (including phenoxy) is 1. The molecule has 0 aromatic carbocycles. The zero-order chi connectivity index (χ0) is 15.2. The van der Waals surface area contributed by atoms with Gasteiger partial charge in [-0.25, -0.2) is 0 Å². The quantitative estimate of drug-likeness (QED) is 0.375. The Hall–Kier alpha value is 0.140. The highest BCUT2D eigenvalue weighted by Gasteiger charge is 2.24. The molecular weight excluding hydrogens is 465 g/mol. The van der Waals surface area contributed by atoms with Gasteiger partial charge in [0.05, 0.1) is 16.4 Å². The maximum Gasteiger partial charge on any atom is 0.191 e. The Morgan fingerprint density at radius 1 is 1.38 bits per heavy atom. The molecule has 122 valence electrons. The molecule has 0 aliphatic rings. The summed E-state index contributed by atoms with van der Waals surface area (Å²) in [6.07, 6.45) is 0.136. The fourth-order valence-electron chi connectivity index (χ4n) is 1.77. The molecule has 1 unspecified atom stereocenters. The summed E-state index contributed by atoms with van der Waals surface area (Å²) in [4.78, 5) is 5.49. The van der Waals surface area contributed by atoms with Crippen molar-refractivity contribution in [3.8, 4) is 0 Å². The summed E-state index contributed by atoms with van der Waals surface area (Å²) in [6.45, 7) is 8.00. The van der Waals surface area contributed by atoms with Crippen LogP contribution in [0.4, 0.5) is 0 Å². The van der Waals surface area contributed by atoms with Crippen LogP contribution in [0.25, 0.3) is 0 Å². The number of hydrogen-bond donors (Lipinski definition) is 2. The van der Waals surface area contributed by atoms with Gasteiger partial charge in [-0.2, -0.15) is 0 Å². The molecular formula is C14H25BrIN3OS. The lowest BCUT2D eigenvalue weighted by molar-refractivity contribution is 0.0205. The normalized spacial score (nSPS) is 13.5. The lowest BCUT2D eigenvalue weighted by Gasteiger charge is -2.30. The van der Waals surface area contributed by atoms with Gasteiger partial charge in [-0.15, -0.1) is 35.3 Å². The van der Waals surface area contributed by atoms with Crippen molar-refractivity contribution >= 4 is 57.2 Å². The minimum Gasteiger partial charge on any atom is -0.379 e. The Labute approximate surface area is 157 Å². The zero-order valence-corrected chi connectivity index (χ0v) is 17.9. The first-order valence-electron chi connectivity index (χ1n) is 6.58. The third kappa shape index (κ3) is 7.80. The third-order valence-corrected chi connectivity index (χ3v) is 4.61. The molecule has 1 heterocycles. The van der Waals surface area contributed by atoms with Crippen LogP contribution in [0.5, 0.6) is 0 Å². The topological polar surface area (TPSA) is 45.7 Å². The van der Waals surface area contributed by atoms with E-state index < -0.39 is 0 Å². The molecule has 7 heteroatoms. The number of nitrogens with zero attached hydrogens (tertiary/aromatic N) is 1. The van der Waals surface area contributed by atoms with Crippen molar-refractivity contribution in [3.63, 3.8) is 0 Å². The molecule has 0 spiro atoms. The van der Waals surface area contributed by atoms with Crippen LogP contribution in [-0.4, -0.2) is 32.8 Å². The lowest BCUT2D eigenvalue weighted by atomic mass is 9.89. The van der Waals surface area contributed by atoms with Crippen molar-refractivity contribution in [2.24, 2.45) is 10.4 Å². The van der Waals surface area contributed by atoms with Gasteiger partial charge in [0.15, 0.2) is 5.96 Å². The van der Waals surface area contributed by atoms with Crippen LogP contribution in [0.1, 0.15) is 25.6 Å². The predicted molar refractivity (Wildman–Crippen MR) is 106 cm³/mol. The van der Waals surface area contributed by atoms with E-state index in [4.69, 9.17) is 4.74 Å². The van der Waals surface area contributed by atoms with Crippen LogP contribution < -0.4 is 10.6 Å². The van der Waals surface area contributed by atoms with Gasteiger partial charge in [-0.1, -0.05) is 20.8 Å². The SMILES string of the molecule is CN=C(NCc1ccc(Br)s1)NCC(OC)C(C)(C)C.I.